The van der Waals surface area contributed by atoms with E-state index in [0.717, 1.165) is 14.2 Å². The highest BCUT2D eigenvalue weighted by molar-refractivity contribution is 9.10. The van der Waals surface area contributed by atoms with Gasteiger partial charge in [0.05, 0.1) is 17.7 Å². The summed E-state index contributed by atoms with van der Waals surface area (Å²) in [4.78, 5) is 2.06. The maximum Gasteiger partial charge on any atom is 0.346 e. The van der Waals surface area contributed by atoms with Crippen LogP contribution in [0.2, 0.25) is 0 Å². The summed E-state index contributed by atoms with van der Waals surface area (Å²) in [7, 11) is -3.35. The summed E-state index contributed by atoms with van der Waals surface area (Å²) in [6, 6.07) is 5.75. The van der Waals surface area contributed by atoms with Gasteiger partial charge in [-0.05, 0) is 54.9 Å². The van der Waals surface area contributed by atoms with Crippen LogP contribution >= 0.6 is 34.9 Å². The molecule has 2 aromatic heterocycles. The van der Waals surface area contributed by atoms with E-state index in [-0.39, 0.29) is 0 Å². The standard InChI is InChI=1S/C14H18BrO4PS/c1-4-18-20(16,19-5-2)14(12-8-11(15)9-17-12)13-7-6-10(3)21-13/h6-9,14H,4-5H2,1-3H3. The van der Waals surface area contributed by atoms with Gasteiger partial charge in [0.15, 0.2) is 5.66 Å². The molecule has 7 heteroatoms. The molecule has 1 atom stereocenters. The van der Waals surface area contributed by atoms with Crippen LogP contribution in [0.3, 0.4) is 0 Å². The van der Waals surface area contributed by atoms with Gasteiger partial charge in [-0.15, -0.1) is 11.3 Å². The Hall–Kier alpha value is -0.390. The Balaban J connectivity index is 2.51. The van der Waals surface area contributed by atoms with Gasteiger partial charge in [-0.3, -0.25) is 4.57 Å². The van der Waals surface area contributed by atoms with E-state index in [0.29, 0.717) is 19.0 Å². The van der Waals surface area contributed by atoms with Crippen molar-refractivity contribution >= 4 is 34.9 Å². The topological polar surface area (TPSA) is 48.7 Å². The lowest BCUT2D eigenvalue weighted by molar-refractivity contribution is 0.213. The Morgan fingerprint density at radius 1 is 1.33 bits per heavy atom. The van der Waals surface area contributed by atoms with Crippen LogP contribution in [-0.2, 0) is 13.6 Å². The first kappa shape index (κ1) is 17.0. The quantitative estimate of drug-likeness (QED) is 0.561. The summed E-state index contributed by atoms with van der Waals surface area (Å²) < 4.78 is 30.6. The second-order valence-corrected chi connectivity index (χ2v) is 8.74. The van der Waals surface area contributed by atoms with Crippen LogP contribution in [0.4, 0.5) is 0 Å². The maximum atomic E-state index is 13.2. The van der Waals surface area contributed by atoms with Crippen molar-refractivity contribution in [3.8, 4) is 0 Å². The summed E-state index contributed by atoms with van der Waals surface area (Å²) in [6.07, 6.45) is 1.57. The summed E-state index contributed by atoms with van der Waals surface area (Å²) in [5, 5.41) is 0. The Kier molecular flexibility index (Phi) is 5.86. The zero-order valence-corrected chi connectivity index (χ0v) is 15.5. The van der Waals surface area contributed by atoms with Crippen molar-refractivity contribution in [1.29, 1.82) is 0 Å². The van der Waals surface area contributed by atoms with Crippen molar-refractivity contribution in [2.24, 2.45) is 0 Å². The van der Waals surface area contributed by atoms with Crippen LogP contribution in [0.25, 0.3) is 0 Å². The van der Waals surface area contributed by atoms with Gasteiger partial charge in [0.25, 0.3) is 0 Å². The highest BCUT2D eigenvalue weighted by Gasteiger charge is 2.41. The number of halogens is 1. The van der Waals surface area contributed by atoms with E-state index in [2.05, 4.69) is 15.9 Å². The molecular weight excluding hydrogens is 375 g/mol. The van der Waals surface area contributed by atoms with Crippen LogP contribution in [-0.4, -0.2) is 13.2 Å². The van der Waals surface area contributed by atoms with Crippen molar-refractivity contribution in [3.63, 3.8) is 0 Å². The minimum Gasteiger partial charge on any atom is -0.467 e. The second kappa shape index (κ2) is 7.25. The molecule has 116 valence electrons. The molecule has 0 spiro atoms. The fourth-order valence-electron chi connectivity index (χ4n) is 2.07. The minimum absolute atomic E-state index is 0.319. The average molecular weight is 393 g/mol. The summed E-state index contributed by atoms with van der Waals surface area (Å²) in [6.45, 7) is 6.26. The molecule has 0 aromatic carbocycles. The first-order valence-electron chi connectivity index (χ1n) is 6.69. The van der Waals surface area contributed by atoms with E-state index in [9.17, 15) is 4.57 Å². The Morgan fingerprint density at radius 2 is 2.00 bits per heavy atom. The third-order valence-corrected chi connectivity index (χ3v) is 6.88. The second-order valence-electron chi connectivity index (χ2n) is 4.39. The molecule has 0 saturated heterocycles. The van der Waals surface area contributed by atoms with Crippen molar-refractivity contribution in [1.82, 2.24) is 0 Å². The van der Waals surface area contributed by atoms with Crippen molar-refractivity contribution in [2.45, 2.75) is 26.4 Å². The molecule has 0 saturated carbocycles. The molecule has 0 fully saturated rings. The van der Waals surface area contributed by atoms with E-state index in [1.54, 1.807) is 31.4 Å². The SMILES string of the molecule is CCOP(=O)(OCC)C(c1cc(Br)co1)c1ccc(C)s1. The Morgan fingerprint density at radius 3 is 2.43 bits per heavy atom. The molecule has 2 heterocycles. The van der Waals surface area contributed by atoms with Gasteiger partial charge < -0.3 is 13.5 Å². The largest absolute Gasteiger partial charge is 0.467 e. The number of aryl methyl sites for hydroxylation is 1. The molecule has 2 aromatic rings. The zero-order chi connectivity index (χ0) is 15.5. The van der Waals surface area contributed by atoms with Crippen LogP contribution in [0.1, 0.15) is 35.0 Å². The Labute approximate surface area is 137 Å². The van der Waals surface area contributed by atoms with Crippen LogP contribution in [0.5, 0.6) is 0 Å². The number of hydrogen-bond donors (Lipinski definition) is 0. The van der Waals surface area contributed by atoms with Gasteiger partial charge in [-0.2, -0.15) is 0 Å². The lowest BCUT2D eigenvalue weighted by atomic mass is 10.3. The zero-order valence-electron chi connectivity index (χ0n) is 12.2. The Bertz CT molecular complexity index is 586. The lowest BCUT2D eigenvalue weighted by Crippen LogP contribution is -2.06. The first-order valence-corrected chi connectivity index (χ1v) is 9.91. The molecule has 0 radical (unpaired) electrons. The number of thiophene rings is 1. The summed E-state index contributed by atoms with van der Waals surface area (Å²) in [5.74, 6) is 0.578. The highest BCUT2D eigenvalue weighted by atomic mass is 79.9. The van der Waals surface area contributed by atoms with Gasteiger partial charge in [-0.1, -0.05) is 0 Å². The minimum atomic E-state index is -3.35. The molecule has 0 N–H and O–H groups in total. The van der Waals surface area contributed by atoms with Crippen LogP contribution < -0.4 is 0 Å². The van der Waals surface area contributed by atoms with Crippen molar-refractivity contribution < 1.29 is 18.0 Å². The molecule has 1 unspecified atom stereocenters. The average Bonchev–Trinajstić information content (AvgIpc) is 3.00. The smallest absolute Gasteiger partial charge is 0.346 e. The highest BCUT2D eigenvalue weighted by Crippen LogP contribution is 2.64. The van der Waals surface area contributed by atoms with Crippen molar-refractivity contribution in [3.05, 3.63) is 44.4 Å². The van der Waals surface area contributed by atoms with Gasteiger partial charge >= 0.3 is 7.60 Å². The van der Waals surface area contributed by atoms with Gasteiger partial charge in [0.1, 0.15) is 12.0 Å². The summed E-state index contributed by atoms with van der Waals surface area (Å²) >= 11 is 4.93. The van der Waals surface area contributed by atoms with E-state index < -0.39 is 13.3 Å². The monoisotopic (exact) mass is 392 g/mol. The fourth-order valence-corrected chi connectivity index (χ4v) is 5.74. The third-order valence-electron chi connectivity index (χ3n) is 2.82. The molecule has 0 bridgehead atoms. The molecule has 0 aliphatic heterocycles. The van der Waals surface area contributed by atoms with Crippen molar-refractivity contribution in [2.75, 3.05) is 13.2 Å². The van der Waals surface area contributed by atoms with E-state index in [4.69, 9.17) is 13.5 Å². The van der Waals surface area contributed by atoms with E-state index >= 15 is 0 Å². The predicted octanol–water partition coefficient (Wildman–Crippen LogP) is 5.77. The van der Waals surface area contributed by atoms with Crippen LogP contribution in [0, 0.1) is 6.92 Å². The number of rotatable bonds is 7. The predicted molar refractivity (Wildman–Crippen MR) is 88.2 cm³/mol. The number of hydrogen-bond acceptors (Lipinski definition) is 5. The summed E-state index contributed by atoms with van der Waals surface area (Å²) in [5.41, 5.74) is -0.539. The van der Waals surface area contributed by atoms with Gasteiger partial charge in [0.2, 0.25) is 0 Å². The molecule has 0 amide bonds. The normalized spacial score (nSPS) is 13.5. The molecule has 0 aliphatic carbocycles. The van der Waals surface area contributed by atoms with Gasteiger partial charge in [0, 0.05) is 9.75 Å². The third kappa shape index (κ3) is 3.88. The first-order chi connectivity index (χ1) is 10.00. The number of furan rings is 1. The maximum absolute atomic E-state index is 13.2. The molecule has 4 nitrogen and oxygen atoms in total. The van der Waals surface area contributed by atoms with Crippen LogP contribution in [0.15, 0.2) is 33.4 Å². The molecular formula is C14H18BrO4PS. The fraction of sp³-hybridized carbons (Fsp3) is 0.429. The van der Waals surface area contributed by atoms with E-state index in [1.807, 2.05) is 25.1 Å². The lowest BCUT2D eigenvalue weighted by Gasteiger charge is -2.24. The molecule has 21 heavy (non-hydrogen) atoms. The van der Waals surface area contributed by atoms with E-state index in [1.165, 1.54) is 0 Å². The molecule has 0 aliphatic rings. The molecule has 2 rings (SSSR count). The van der Waals surface area contributed by atoms with Gasteiger partial charge in [-0.25, -0.2) is 0 Å².